The van der Waals surface area contributed by atoms with E-state index in [4.69, 9.17) is 17.5 Å². The molecule has 0 aromatic heterocycles. The average molecular weight is 306 g/mol. The summed E-state index contributed by atoms with van der Waals surface area (Å²) in [4.78, 5) is 0. The van der Waals surface area contributed by atoms with Crippen molar-refractivity contribution >= 4 is 62.5 Å². The van der Waals surface area contributed by atoms with E-state index in [1.807, 2.05) is 0 Å². The zero-order chi connectivity index (χ0) is 8.62. The molecule has 7 heteroatoms. The van der Waals surface area contributed by atoms with Gasteiger partial charge in [0.2, 0.25) is 0 Å². The normalized spacial score (nSPS) is 9.09. The van der Waals surface area contributed by atoms with Gasteiger partial charge >= 0.3 is 40.0 Å². The number of alkyl halides is 1. The van der Waals surface area contributed by atoms with E-state index in [-0.39, 0.29) is 29.6 Å². The van der Waals surface area contributed by atoms with E-state index in [1.54, 1.807) is 0 Å². The molecule has 0 bridgehead atoms. The Morgan fingerprint density at radius 2 is 1.64 bits per heavy atom. The van der Waals surface area contributed by atoms with Crippen molar-refractivity contribution in [2.45, 2.75) is 19.8 Å². The molecule has 0 aromatic rings. The Hall–Kier alpha value is 1.60. The minimum absolute atomic E-state index is 0. The van der Waals surface area contributed by atoms with Crippen LogP contribution in [-0.4, -0.2) is 51.5 Å². The molecule has 0 rings (SSSR count). The van der Waals surface area contributed by atoms with Gasteiger partial charge in [-0.1, -0.05) is 35.9 Å². The molecule has 0 saturated heterocycles. The van der Waals surface area contributed by atoms with Crippen molar-refractivity contribution in [2.24, 2.45) is 0 Å². The van der Waals surface area contributed by atoms with Crippen LogP contribution in [-0.2, 0) is 10.4 Å². The minimum atomic E-state index is -4.67. The molecule has 0 radical (unpaired) electrons. The second-order valence-electron chi connectivity index (χ2n) is 1.49. The third-order valence-electron chi connectivity index (χ3n) is 0.487. The Bertz CT molecular complexity index is 136. The van der Waals surface area contributed by atoms with Crippen LogP contribution in [0.15, 0.2) is 0 Å². The molecule has 0 aromatic carbocycles. The predicted octanol–water partition coefficient (Wildman–Crippen LogP) is 0.920. The monoisotopic (exact) mass is 306 g/mol. The van der Waals surface area contributed by atoms with Gasteiger partial charge in [0.25, 0.3) is 0 Å². The van der Waals surface area contributed by atoms with E-state index in [2.05, 4.69) is 29.5 Å². The van der Waals surface area contributed by atoms with Crippen LogP contribution in [0.5, 0.6) is 0 Å². The number of hydrogen-bond donors (Lipinski definition) is 2. The molecule has 0 spiro atoms. The third-order valence-corrected chi connectivity index (χ3v) is 1.25. The molecule has 66 valence electrons. The van der Waals surface area contributed by atoms with Crippen LogP contribution in [0, 0.1) is 0 Å². The zero-order valence-electron chi connectivity index (χ0n) is 5.62. The SMILES string of the molecule is CCCCI.O=S(=O)(O)O.[NaH]. The van der Waals surface area contributed by atoms with Crippen molar-refractivity contribution in [3.63, 3.8) is 0 Å². The topological polar surface area (TPSA) is 74.6 Å². The molecule has 11 heavy (non-hydrogen) atoms. The van der Waals surface area contributed by atoms with E-state index < -0.39 is 10.4 Å². The molecule has 4 nitrogen and oxygen atoms in total. The van der Waals surface area contributed by atoms with E-state index in [1.165, 1.54) is 17.3 Å². The number of rotatable bonds is 2. The average Bonchev–Trinajstić information content (AvgIpc) is 1.63. The van der Waals surface area contributed by atoms with Crippen LogP contribution in [0.4, 0.5) is 0 Å². The summed E-state index contributed by atoms with van der Waals surface area (Å²) in [5.74, 6) is 0. The van der Waals surface area contributed by atoms with Gasteiger partial charge in [-0.2, -0.15) is 8.42 Å². The zero-order valence-corrected chi connectivity index (χ0v) is 8.59. The molecular weight excluding hydrogens is 294 g/mol. The molecule has 0 fully saturated rings. The van der Waals surface area contributed by atoms with Crippen LogP contribution < -0.4 is 0 Å². The van der Waals surface area contributed by atoms with Crippen molar-refractivity contribution in [3.8, 4) is 0 Å². The molecule has 0 amide bonds. The van der Waals surface area contributed by atoms with Crippen LogP contribution >= 0.6 is 22.6 Å². The summed E-state index contributed by atoms with van der Waals surface area (Å²) in [6.07, 6.45) is 2.71. The fourth-order valence-corrected chi connectivity index (χ4v) is 0.896. The van der Waals surface area contributed by atoms with Crippen LogP contribution in [0.3, 0.4) is 0 Å². The fourth-order valence-electron chi connectivity index (χ4n) is 0.134. The van der Waals surface area contributed by atoms with Crippen molar-refractivity contribution < 1.29 is 17.5 Å². The molecule has 2 N–H and O–H groups in total. The van der Waals surface area contributed by atoms with E-state index in [0.29, 0.717) is 0 Å². The summed E-state index contributed by atoms with van der Waals surface area (Å²) in [7, 11) is -4.67. The molecule has 0 aliphatic rings. The third kappa shape index (κ3) is 82.5. The first-order valence-electron chi connectivity index (χ1n) is 2.67. The number of hydrogen-bond acceptors (Lipinski definition) is 2. The number of unbranched alkanes of at least 4 members (excludes halogenated alkanes) is 1. The van der Waals surface area contributed by atoms with Gasteiger partial charge in [-0.3, -0.25) is 9.11 Å². The summed E-state index contributed by atoms with van der Waals surface area (Å²) in [6, 6.07) is 0. The van der Waals surface area contributed by atoms with Crippen molar-refractivity contribution in [2.75, 3.05) is 4.43 Å². The molecule has 0 aliphatic carbocycles. The fraction of sp³-hybridized carbons (Fsp3) is 1.00. The predicted molar refractivity (Wildman–Crippen MR) is 55.1 cm³/mol. The summed E-state index contributed by atoms with van der Waals surface area (Å²) in [5.41, 5.74) is 0. The van der Waals surface area contributed by atoms with E-state index in [0.717, 1.165) is 0 Å². The van der Waals surface area contributed by atoms with Gasteiger partial charge in [0, 0.05) is 0 Å². The van der Waals surface area contributed by atoms with Crippen LogP contribution in [0.2, 0.25) is 0 Å². The molecule has 0 unspecified atom stereocenters. The molecule has 0 heterocycles. The maximum absolute atomic E-state index is 8.74. The van der Waals surface area contributed by atoms with Crippen molar-refractivity contribution in [3.05, 3.63) is 0 Å². The molecule has 0 saturated carbocycles. The van der Waals surface area contributed by atoms with E-state index in [9.17, 15) is 0 Å². The maximum atomic E-state index is 8.74. The Kier molecular flexibility index (Phi) is 19.4. The van der Waals surface area contributed by atoms with Crippen molar-refractivity contribution in [1.82, 2.24) is 0 Å². The van der Waals surface area contributed by atoms with Gasteiger partial charge in [-0.15, -0.1) is 0 Å². The van der Waals surface area contributed by atoms with E-state index >= 15 is 0 Å². The van der Waals surface area contributed by atoms with Gasteiger partial charge in [0.1, 0.15) is 0 Å². The quantitative estimate of drug-likeness (QED) is 0.344. The van der Waals surface area contributed by atoms with Gasteiger partial charge in [-0.05, 0) is 10.8 Å². The summed E-state index contributed by atoms with van der Waals surface area (Å²) in [5, 5.41) is 0. The van der Waals surface area contributed by atoms with Gasteiger partial charge in [-0.25, -0.2) is 0 Å². The molecular formula is C4H12INaO4S. The second-order valence-corrected chi connectivity index (χ2v) is 3.46. The van der Waals surface area contributed by atoms with Gasteiger partial charge < -0.3 is 0 Å². The Balaban J connectivity index is -0.000000107. The first kappa shape index (κ1) is 18.4. The Labute approximate surface area is 103 Å². The number of halogens is 1. The Morgan fingerprint density at radius 1 is 1.36 bits per heavy atom. The van der Waals surface area contributed by atoms with Gasteiger partial charge in [0.15, 0.2) is 0 Å². The first-order valence-corrected chi connectivity index (χ1v) is 5.60. The van der Waals surface area contributed by atoms with Crippen LogP contribution in [0.25, 0.3) is 0 Å². The van der Waals surface area contributed by atoms with Gasteiger partial charge in [0.05, 0.1) is 0 Å². The van der Waals surface area contributed by atoms with Crippen LogP contribution in [0.1, 0.15) is 19.8 Å². The standard InChI is InChI=1S/C4H9I.Na.H2O4S.H/c1-2-3-4-5;;1-5(2,3)4;/h2-4H2,1H3;;(H2,1,2,3,4);. The second kappa shape index (κ2) is 11.6. The first-order chi connectivity index (χ1) is 4.41. The van der Waals surface area contributed by atoms with Crippen molar-refractivity contribution in [1.29, 1.82) is 0 Å². The summed E-state index contributed by atoms with van der Waals surface area (Å²) >= 11 is 2.39. The molecule has 0 aliphatic heterocycles. The summed E-state index contributed by atoms with van der Waals surface area (Å²) < 4.78 is 32.9. The molecule has 0 atom stereocenters. The summed E-state index contributed by atoms with van der Waals surface area (Å²) in [6.45, 7) is 2.21. The Morgan fingerprint density at radius 3 is 1.64 bits per heavy atom.